The monoisotopic (exact) mass is 252 g/mol. The second kappa shape index (κ2) is 5.86. The van der Waals surface area contributed by atoms with Crippen LogP contribution < -0.4 is 0 Å². The van der Waals surface area contributed by atoms with Crippen LogP contribution in [0.4, 0.5) is 0 Å². The second-order valence-electron chi connectivity index (χ2n) is 3.64. The zero-order chi connectivity index (χ0) is 12.1. The summed E-state index contributed by atoms with van der Waals surface area (Å²) in [4.78, 5) is 8.60. The van der Waals surface area contributed by atoms with Gasteiger partial charge in [0.1, 0.15) is 0 Å². The van der Waals surface area contributed by atoms with Gasteiger partial charge in [-0.3, -0.25) is 0 Å². The summed E-state index contributed by atoms with van der Waals surface area (Å²) in [5.41, 5.74) is 0. The van der Waals surface area contributed by atoms with Crippen LogP contribution >= 0.6 is 11.8 Å². The van der Waals surface area contributed by atoms with E-state index in [1.165, 1.54) is 0 Å². The van der Waals surface area contributed by atoms with Crippen molar-refractivity contribution in [3.63, 3.8) is 0 Å². The normalized spacial score (nSPS) is 10.9. The number of nitrogens with zero attached hydrogens (tertiary/aromatic N) is 4. The van der Waals surface area contributed by atoms with E-state index in [0.717, 1.165) is 30.4 Å². The molecule has 0 N–H and O–H groups in total. The molecule has 0 saturated heterocycles. The van der Waals surface area contributed by atoms with Crippen LogP contribution in [0.2, 0.25) is 0 Å². The van der Waals surface area contributed by atoms with Crippen LogP contribution in [0, 0.1) is 0 Å². The van der Waals surface area contributed by atoms with Crippen molar-refractivity contribution in [3.05, 3.63) is 24.1 Å². The van der Waals surface area contributed by atoms with Crippen molar-refractivity contribution in [1.82, 2.24) is 19.7 Å². The van der Waals surface area contributed by atoms with Crippen molar-refractivity contribution in [2.75, 3.05) is 0 Å². The first-order valence-corrected chi connectivity index (χ1v) is 6.77. The van der Waals surface area contributed by atoms with E-state index in [9.17, 15) is 0 Å². The number of hydrogen-bond acceptors (Lipinski definition) is 5. The summed E-state index contributed by atoms with van der Waals surface area (Å²) in [7, 11) is 0. The van der Waals surface area contributed by atoms with E-state index in [2.05, 4.69) is 33.5 Å². The van der Waals surface area contributed by atoms with Crippen LogP contribution in [0.25, 0.3) is 0 Å². The summed E-state index contributed by atoms with van der Waals surface area (Å²) in [5, 5.41) is 4.91. The van der Waals surface area contributed by atoms with Gasteiger partial charge in [0.05, 0.1) is 5.75 Å². The Hall–Kier alpha value is -1.30. The Morgan fingerprint density at radius 3 is 3.06 bits per heavy atom. The van der Waals surface area contributed by atoms with Crippen LogP contribution in [0.5, 0.6) is 0 Å². The van der Waals surface area contributed by atoms with E-state index in [0.29, 0.717) is 11.6 Å². The Labute approximate surface area is 105 Å². The molecular formula is C11H16N4OS. The molecule has 17 heavy (non-hydrogen) atoms. The first-order valence-electron chi connectivity index (χ1n) is 5.78. The number of aryl methyl sites for hydroxylation is 2. The van der Waals surface area contributed by atoms with Gasteiger partial charge in [0.25, 0.3) is 0 Å². The largest absolute Gasteiger partial charge is 0.338 e. The smallest absolute Gasteiger partial charge is 0.237 e. The fraction of sp³-hybridized carbons (Fsp3) is 0.545. The van der Waals surface area contributed by atoms with Crippen molar-refractivity contribution in [1.29, 1.82) is 0 Å². The molecule has 2 aromatic rings. The average Bonchev–Trinajstić information content (AvgIpc) is 2.95. The number of hydrogen-bond donors (Lipinski definition) is 0. The standard InChI is InChI=1S/C11H16N4OS/c1-3-5-9-13-10(16-14-9)8-17-11-12-6-7-15(11)4-2/h6-7H,3-5,8H2,1-2H3. The predicted molar refractivity (Wildman–Crippen MR) is 65.8 cm³/mol. The van der Waals surface area contributed by atoms with Gasteiger partial charge in [-0.1, -0.05) is 23.8 Å². The molecule has 0 aliphatic rings. The van der Waals surface area contributed by atoms with Crippen molar-refractivity contribution in [3.8, 4) is 0 Å². The molecule has 0 aliphatic heterocycles. The minimum Gasteiger partial charge on any atom is -0.338 e. The first kappa shape index (κ1) is 12.2. The quantitative estimate of drug-likeness (QED) is 0.739. The zero-order valence-corrected chi connectivity index (χ0v) is 10.9. The number of thioether (sulfide) groups is 1. The Bertz CT molecular complexity index is 465. The molecule has 92 valence electrons. The Balaban J connectivity index is 1.93. The predicted octanol–water partition coefficient (Wildman–Crippen LogP) is 2.53. The van der Waals surface area contributed by atoms with E-state index in [1.807, 2.05) is 12.4 Å². The zero-order valence-electron chi connectivity index (χ0n) is 10.1. The SMILES string of the molecule is CCCc1noc(CSc2nccn2CC)n1. The molecule has 0 fully saturated rings. The van der Waals surface area contributed by atoms with Crippen molar-refractivity contribution in [2.45, 2.75) is 44.1 Å². The van der Waals surface area contributed by atoms with Gasteiger partial charge in [-0.25, -0.2) is 4.98 Å². The molecule has 5 nitrogen and oxygen atoms in total. The van der Waals surface area contributed by atoms with E-state index < -0.39 is 0 Å². The Kier molecular flexibility index (Phi) is 4.19. The molecule has 6 heteroatoms. The van der Waals surface area contributed by atoms with Gasteiger partial charge in [-0.2, -0.15) is 4.98 Å². The van der Waals surface area contributed by atoms with Crippen LogP contribution in [-0.2, 0) is 18.7 Å². The van der Waals surface area contributed by atoms with Gasteiger partial charge >= 0.3 is 0 Å². The molecule has 2 heterocycles. The van der Waals surface area contributed by atoms with Gasteiger partial charge in [0.2, 0.25) is 5.89 Å². The highest BCUT2D eigenvalue weighted by Crippen LogP contribution is 2.20. The highest BCUT2D eigenvalue weighted by molar-refractivity contribution is 7.98. The lowest BCUT2D eigenvalue weighted by Gasteiger charge is -2.01. The highest BCUT2D eigenvalue weighted by Gasteiger charge is 2.08. The van der Waals surface area contributed by atoms with Gasteiger partial charge in [-0.15, -0.1) is 0 Å². The maximum absolute atomic E-state index is 5.17. The molecule has 0 spiro atoms. The lowest BCUT2D eigenvalue weighted by atomic mass is 10.3. The van der Waals surface area contributed by atoms with Crippen LogP contribution in [0.1, 0.15) is 32.0 Å². The third-order valence-electron chi connectivity index (χ3n) is 2.33. The summed E-state index contributed by atoms with van der Waals surface area (Å²) < 4.78 is 7.26. The van der Waals surface area contributed by atoms with E-state index in [-0.39, 0.29) is 0 Å². The minimum atomic E-state index is 0.670. The lowest BCUT2D eigenvalue weighted by Crippen LogP contribution is -1.95. The van der Waals surface area contributed by atoms with E-state index in [1.54, 1.807) is 11.8 Å². The topological polar surface area (TPSA) is 56.7 Å². The molecule has 0 amide bonds. The first-order chi connectivity index (χ1) is 8.33. The van der Waals surface area contributed by atoms with Gasteiger partial charge in [-0.05, 0) is 13.3 Å². The summed E-state index contributed by atoms with van der Waals surface area (Å²) in [6.07, 6.45) is 5.69. The molecule has 0 aliphatic carbocycles. The lowest BCUT2D eigenvalue weighted by molar-refractivity contribution is 0.384. The van der Waals surface area contributed by atoms with Gasteiger partial charge in [0, 0.05) is 25.4 Å². The maximum atomic E-state index is 5.17. The minimum absolute atomic E-state index is 0.670. The summed E-state index contributed by atoms with van der Waals surface area (Å²) in [5.74, 6) is 2.14. The molecule has 0 bridgehead atoms. The molecule has 2 rings (SSSR count). The molecule has 0 atom stereocenters. The van der Waals surface area contributed by atoms with E-state index in [4.69, 9.17) is 4.52 Å². The van der Waals surface area contributed by atoms with Gasteiger partial charge in [0.15, 0.2) is 11.0 Å². The molecule has 0 unspecified atom stereocenters. The van der Waals surface area contributed by atoms with Crippen molar-refractivity contribution < 1.29 is 4.52 Å². The number of aromatic nitrogens is 4. The maximum Gasteiger partial charge on any atom is 0.237 e. The molecule has 0 aromatic carbocycles. The second-order valence-corrected chi connectivity index (χ2v) is 4.58. The van der Waals surface area contributed by atoms with Crippen LogP contribution in [-0.4, -0.2) is 19.7 Å². The van der Waals surface area contributed by atoms with Crippen molar-refractivity contribution in [2.24, 2.45) is 0 Å². The average molecular weight is 252 g/mol. The third-order valence-corrected chi connectivity index (χ3v) is 3.32. The van der Waals surface area contributed by atoms with E-state index >= 15 is 0 Å². The van der Waals surface area contributed by atoms with Crippen molar-refractivity contribution >= 4 is 11.8 Å². The number of rotatable bonds is 6. The fourth-order valence-electron chi connectivity index (χ4n) is 1.48. The third kappa shape index (κ3) is 3.09. The molecule has 2 aromatic heterocycles. The molecule has 0 radical (unpaired) electrons. The number of imidazole rings is 1. The van der Waals surface area contributed by atoms with Gasteiger partial charge < -0.3 is 9.09 Å². The van der Waals surface area contributed by atoms with Crippen LogP contribution in [0.15, 0.2) is 22.1 Å². The summed E-state index contributed by atoms with van der Waals surface area (Å²) >= 11 is 1.62. The summed E-state index contributed by atoms with van der Waals surface area (Å²) in [6, 6.07) is 0. The molecular weight excluding hydrogens is 236 g/mol. The fourth-order valence-corrected chi connectivity index (χ4v) is 2.34. The Morgan fingerprint density at radius 1 is 1.41 bits per heavy atom. The summed E-state index contributed by atoms with van der Waals surface area (Å²) in [6.45, 7) is 5.12. The Morgan fingerprint density at radius 2 is 2.29 bits per heavy atom. The van der Waals surface area contributed by atoms with Crippen LogP contribution in [0.3, 0.4) is 0 Å². The highest BCUT2D eigenvalue weighted by atomic mass is 32.2. The molecule has 0 saturated carbocycles.